The lowest BCUT2D eigenvalue weighted by atomic mass is 9.94. The van der Waals surface area contributed by atoms with Crippen molar-refractivity contribution in [3.05, 3.63) is 188 Å². The smallest absolute Gasteiger partial charge is 0.227 e. The molecule has 2 aromatic heterocycles. The van der Waals surface area contributed by atoms with Gasteiger partial charge in [-0.05, 0) is 147 Å². The van der Waals surface area contributed by atoms with Crippen LogP contribution in [0.3, 0.4) is 0 Å². The number of benzene rings is 9. The summed E-state index contributed by atoms with van der Waals surface area (Å²) < 4.78 is 12.2. The fourth-order valence-electron chi connectivity index (χ4n) is 7.70. The zero-order valence-corrected chi connectivity index (χ0v) is 29.6. The lowest BCUT2D eigenvalue weighted by Crippen LogP contribution is -2.09. The van der Waals surface area contributed by atoms with Crippen molar-refractivity contribution < 1.29 is 8.83 Å². The Morgan fingerprint density at radius 3 is 1.51 bits per heavy atom. The van der Waals surface area contributed by atoms with E-state index in [0.29, 0.717) is 11.8 Å². The zero-order chi connectivity index (χ0) is 36.3. The molecule has 0 aliphatic rings. The third-order valence-electron chi connectivity index (χ3n) is 10.5. The van der Waals surface area contributed by atoms with E-state index in [1.165, 1.54) is 38.1 Å². The SMILES string of the molecule is c1ccc2cc3c(-c4ccc5ccc(N(c6ccc(-c7nc8ccccc8o7)cc6)c6ccc(-c7nc8ccccc8o7)cc6)cc5c4)cccc3cc2c1. The standard InChI is InChI=1S/C50H31N3O2/c1-2-9-36-31-44-37(28-35(36)8-1)10-7-11-43(44)38-17-16-32-18-27-42(30-39(32)29-38)53(40-23-19-33(20-24-40)49-51-45-12-3-5-14-47(45)54-49)41-25-21-34(22-26-41)50-52-46-13-4-6-15-48(46)55-50/h1-31H. The number of hydrogen-bond acceptors (Lipinski definition) is 5. The van der Waals surface area contributed by atoms with Gasteiger partial charge in [-0.2, -0.15) is 0 Å². The van der Waals surface area contributed by atoms with E-state index < -0.39 is 0 Å². The molecule has 0 fully saturated rings. The number of oxazole rings is 2. The van der Waals surface area contributed by atoms with Gasteiger partial charge < -0.3 is 13.7 Å². The maximum atomic E-state index is 6.10. The number of hydrogen-bond donors (Lipinski definition) is 0. The Bertz CT molecular complexity index is 3030. The second-order valence-corrected chi connectivity index (χ2v) is 13.9. The predicted molar refractivity (Wildman–Crippen MR) is 225 cm³/mol. The first-order valence-electron chi connectivity index (χ1n) is 18.4. The van der Waals surface area contributed by atoms with Crippen molar-refractivity contribution in [2.45, 2.75) is 0 Å². The average Bonchev–Trinajstić information content (AvgIpc) is 3.88. The topological polar surface area (TPSA) is 55.3 Å². The monoisotopic (exact) mass is 705 g/mol. The van der Waals surface area contributed by atoms with Crippen molar-refractivity contribution >= 4 is 71.6 Å². The summed E-state index contributed by atoms with van der Waals surface area (Å²) in [7, 11) is 0. The lowest BCUT2D eigenvalue weighted by molar-refractivity contribution is 0.619. The Labute approximate surface area is 316 Å². The van der Waals surface area contributed by atoms with E-state index in [2.05, 4.69) is 144 Å². The van der Waals surface area contributed by atoms with Crippen molar-refractivity contribution in [3.8, 4) is 34.0 Å². The van der Waals surface area contributed by atoms with Crippen molar-refractivity contribution in [1.29, 1.82) is 0 Å². The molecule has 0 spiro atoms. The Morgan fingerprint density at radius 1 is 0.345 bits per heavy atom. The molecule has 2 heterocycles. The summed E-state index contributed by atoms with van der Waals surface area (Å²) in [6.07, 6.45) is 0. The maximum Gasteiger partial charge on any atom is 0.227 e. The van der Waals surface area contributed by atoms with Gasteiger partial charge in [-0.15, -0.1) is 0 Å². The average molecular weight is 706 g/mol. The normalized spacial score (nSPS) is 11.6. The lowest BCUT2D eigenvalue weighted by Gasteiger charge is -2.26. The Balaban J connectivity index is 1.02. The summed E-state index contributed by atoms with van der Waals surface area (Å²) in [6, 6.07) is 65.7. The minimum atomic E-state index is 0.599. The molecule has 5 heteroatoms. The Hall–Kier alpha value is -7.50. The van der Waals surface area contributed by atoms with E-state index in [1.807, 2.05) is 48.5 Å². The molecule has 258 valence electrons. The van der Waals surface area contributed by atoms with Gasteiger partial charge >= 0.3 is 0 Å². The highest BCUT2D eigenvalue weighted by molar-refractivity contribution is 6.06. The Kier molecular flexibility index (Phi) is 7.10. The van der Waals surface area contributed by atoms with E-state index >= 15 is 0 Å². The number of anilines is 3. The summed E-state index contributed by atoms with van der Waals surface area (Å²) in [5.41, 5.74) is 10.5. The van der Waals surface area contributed by atoms with Crippen LogP contribution in [0.25, 0.3) is 88.6 Å². The molecule has 0 atom stereocenters. The fraction of sp³-hybridized carbons (Fsp3) is 0. The summed E-state index contributed by atoms with van der Waals surface area (Å²) >= 11 is 0. The molecular formula is C50H31N3O2. The van der Waals surface area contributed by atoms with Crippen LogP contribution in [0.15, 0.2) is 197 Å². The Morgan fingerprint density at radius 2 is 0.873 bits per heavy atom. The van der Waals surface area contributed by atoms with Gasteiger partial charge in [-0.1, -0.05) is 84.9 Å². The van der Waals surface area contributed by atoms with E-state index in [9.17, 15) is 0 Å². The largest absolute Gasteiger partial charge is 0.436 e. The van der Waals surface area contributed by atoms with E-state index in [4.69, 9.17) is 18.8 Å². The number of para-hydroxylation sites is 4. The second kappa shape index (κ2) is 12.6. The molecule has 5 nitrogen and oxygen atoms in total. The second-order valence-electron chi connectivity index (χ2n) is 13.9. The van der Waals surface area contributed by atoms with Gasteiger partial charge in [0, 0.05) is 28.2 Å². The van der Waals surface area contributed by atoms with Crippen LogP contribution in [0.1, 0.15) is 0 Å². The molecular weight excluding hydrogens is 675 g/mol. The molecule has 0 bridgehead atoms. The molecule has 9 aromatic carbocycles. The molecule has 0 aliphatic heterocycles. The summed E-state index contributed by atoms with van der Waals surface area (Å²) in [4.78, 5) is 11.7. The van der Waals surface area contributed by atoms with Crippen LogP contribution in [0.5, 0.6) is 0 Å². The van der Waals surface area contributed by atoms with Crippen LogP contribution in [-0.4, -0.2) is 9.97 Å². The first kappa shape index (κ1) is 31.1. The number of fused-ring (bicyclic) bond motifs is 5. The van der Waals surface area contributed by atoms with Crippen LogP contribution in [0.4, 0.5) is 17.1 Å². The number of nitrogens with zero attached hydrogens (tertiary/aromatic N) is 3. The molecule has 0 radical (unpaired) electrons. The molecule has 55 heavy (non-hydrogen) atoms. The quantitative estimate of drug-likeness (QED) is 0.161. The van der Waals surface area contributed by atoms with E-state index in [1.54, 1.807) is 0 Å². The fourth-order valence-corrected chi connectivity index (χ4v) is 7.70. The van der Waals surface area contributed by atoms with Crippen LogP contribution in [0, 0.1) is 0 Å². The van der Waals surface area contributed by atoms with E-state index in [-0.39, 0.29) is 0 Å². The summed E-state index contributed by atoms with van der Waals surface area (Å²) in [5.74, 6) is 1.20. The number of rotatable bonds is 6. The predicted octanol–water partition coefficient (Wildman–Crippen LogP) is 13.9. The first-order valence-corrected chi connectivity index (χ1v) is 18.4. The van der Waals surface area contributed by atoms with Crippen molar-refractivity contribution in [2.24, 2.45) is 0 Å². The van der Waals surface area contributed by atoms with Gasteiger partial charge in [0.25, 0.3) is 0 Å². The molecule has 0 N–H and O–H groups in total. The highest BCUT2D eigenvalue weighted by Crippen LogP contribution is 2.40. The molecule has 0 saturated heterocycles. The summed E-state index contributed by atoms with van der Waals surface area (Å²) in [5, 5.41) is 7.31. The van der Waals surface area contributed by atoms with Crippen molar-refractivity contribution in [3.63, 3.8) is 0 Å². The molecule has 0 unspecified atom stereocenters. The highest BCUT2D eigenvalue weighted by Gasteiger charge is 2.17. The van der Waals surface area contributed by atoms with Gasteiger partial charge in [0.15, 0.2) is 11.2 Å². The third kappa shape index (κ3) is 5.49. The highest BCUT2D eigenvalue weighted by atomic mass is 16.4. The zero-order valence-electron chi connectivity index (χ0n) is 29.6. The van der Waals surface area contributed by atoms with Gasteiger partial charge in [-0.25, -0.2) is 9.97 Å². The van der Waals surface area contributed by atoms with Crippen LogP contribution in [0.2, 0.25) is 0 Å². The van der Waals surface area contributed by atoms with Crippen molar-refractivity contribution in [1.82, 2.24) is 9.97 Å². The maximum absolute atomic E-state index is 6.10. The molecule has 11 rings (SSSR count). The number of aromatic nitrogens is 2. The first-order chi connectivity index (χ1) is 27.2. The van der Waals surface area contributed by atoms with Crippen LogP contribution < -0.4 is 4.90 Å². The minimum absolute atomic E-state index is 0.599. The van der Waals surface area contributed by atoms with Crippen LogP contribution >= 0.6 is 0 Å². The van der Waals surface area contributed by atoms with Gasteiger partial charge in [0.05, 0.1) is 0 Å². The molecule has 11 aromatic rings. The minimum Gasteiger partial charge on any atom is -0.436 e. The van der Waals surface area contributed by atoms with Gasteiger partial charge in [-0.3, -0.25) is 0 Å². The molecule has 0 aliphatic carbocycles. The van der Waals surface area contributed by atoms with Gasteiger partial charge in [0.2, 0.25) is 11.8 Å². The van der Waals surface area contributed by atoms with E-state index in [0.717, 1.165) is 55.8 Å². The molecule has 0 saturated carbocycles. The van der Waals surface area contributed by atoms with Gasteiger partial charge in [0.1, 0.15) is 11.0 Å². The van der Waals surface area contributed by atoms with Crippen LogP contribution in [-0.2, 0) is 0 Å². The molecule has 0 amide bonds. The summed E-state index contributed by atoms with van der Waals surface area (Å²) in [6.45, 7) is 0. The third-order valence-corrected chi connectivity index (χ3v) is 10.5. The van der Waals surface area contributed by atoms with Crippen molar-refractivity contribution in [2.75, 3.05) is 4.90 Å².